The lowest BCUT2D eigenvalue weighted by Gasteiger charge is -2.13. The van der Waals surface area contributed by atoms with E-state index in [1.54, 1.807) is 22.9 Å². The average Bonchev–Trinajstić information content (AvgIpc) is 3.47. The van der Waals surface area contributed by atoms with Crippen LogP contribution in [0.4, 0.5) is 0 Å². The van der Waals surface area contributed by atoms with Gasteiger partial charge in [-0.3, -0.25) is 24.2 Å². The van der Waals surface area contributed by atoms with Crippen molar-refractivity contribution in [1.82, 2.24) is 23.9 Å². The highest BCUT2D eigenvalue weighted by atomic mass is 32.2. The third-order valence-electron chi connectivity index (χ3n) is 6.30. The number of aromatic nitrogens is 4. The van der Waals surface area contributed by atoms with E-state index < -0.39 is 0 Å². The third kappa shape index (κ3) is 4.60. The van der Waals surface area contributed by atoms with Crippen LogP contribution in [0.15, 0.2) is 124 Å². The zero-order chi connectivity index (χ0) is 26.9. The molecule has 9 heteroatoms. The van der Waals surface area contributed by atoms with E-state index in [4.69, 9.17) is 0 Å². The molecule has 0 unspecified atom stereocenters. The zero-order valence-electron chi connectivity index (χ0n) is 20.9. The van der Waals surface area contributed by atoms with E-state index in [9.17, 15) is 14.4 Å². The largest absolute Gasteiger partial charge is 0.295 e. The molecule has 192 valence electrons. The van der Waals surface area contributed by atoms with Gasteiger partial charge in [0.05, 0.1) is 28.0 Å². The van der Waals surface area contributed by atoms with Crippen LogP contribution in [0.1, 0.15) is 16.1 Å². The first kappa shape index (κ1) is 24.3. The number of amides is 1. The minimum Gasteiger partial charge on any atom is -0.295 e. The van der Waals surface area contributed by atoms with Gasteiger partial charge in [-0.2, -0.15) is 0 Å². The second kappa shape index (κ2) is 10.0. The summed E-state index contributed by atoms with van der Waals surface area (Å²) in [6.07, 6.45) is 0. The van der Waals surface area contributed by atoms with Gasteiger partial charge in [0, 0.05) is 22.2 Å². The topological polar surface area (TPSA) is 93.8 Å². The highest BCUT2D eigenvalue weighted by Gasteiger charge is 2.18. The number of carbonyl (C=O) groups excluding carboxylic acids is 1. The van der Waals surface area contributed by atoms with Crippen LogP contribution in [-0.4, -0.2) is 25.1 Å². The molecule has 2 heterocycles. The molecule has 2 aromatic heterocycles. The van der Waals surface area contributed by atoms with Crippen LogP contribution >= 0.6 is 11.9 Å². The van der Waals surface area contributed by atoms with E-state index in [0.29, 0.717) is 22.2 Å². The molecule has 1 amide bonds. The van der Waals surface area contributed by atoms with Gasteiger partial charge in [-0.1, -0.05) is 42.5 Å². The maximum atomic E-state index is 13.7. The molecule has 0 saturated heterocycles. The molecular formula is C30H23N5O3S. The second-order valence-electron chi connectivity index (χ2n) is 8.98. The quantitative estimate of drug-likeness (QED) is 0.295. The number of hydrogen-bond donors (Lipinski definition) is 2. The predicted molar refractivity (Wildman–Crippen MR) is 153 cm³/mol. The van der Waals surface area contributed by atoms with Gasteiger partial charge in [-0.25, -0.2) is 14.0 Å². The van der Waals surface area contributed by atoms with Gasteiger partial charge in [0.15, 0.2) is 0 Å². The Hall–Kier alpha value is -5.02. The summed E-state index contributed by atoms with van der Waals surface area (Å²) in [5, 5.41) is 3.44. The number of rotatable bonds is 6. The summed E-state index contributed by atoms with van der Waals surface area (Å²) < 4.78 is 7.77. The summed E-state index contributed by atoms with van der Waals surface area (Å²) in [6.45, 7) is 1.82. The van der Waals surface area contributed by atoms with Gasteiger partial charge >= 0.3 is 0 Å². The molecule has 0 bridgehead atoms. The molecule has 0 saturated carbocycles. The normalized spacial score (nSPS) is 11.1. The summed E-state index contributed by atoms with van der Waals surface area (Å²) in [6, 6.07) is 33.0. The summed E-state index contributed by atoms with van der Waals surface area (Å²) in [5.41, 5.74) is 3.66. The molecule has 0 aliphatic carbocycles. The maximum Gasteiger partial charge on any atom is 0.279 e. The Morgan fingerprint density at radius 1 is 0.744 bits per heavy atom. The van der Waals surface area contributed by atoms with Crippen molar-refractivity contribution in [2.45, 2.75) is 11.8 Å². The van der Waals surface area contributed by atoms with Crippen LogP contribution in [0.25, 0.3) is 28.0 Å². The zero-order valence-corrected chi connectivity index (χ0v) is 21.7. The number of H-pyrrole nitrogens is 1. The molecule has 0 aliphatic rings. The van der Waals surface area contributed by atoms with Crippen molar-refractivity contribution in [2.75, 3.05) is 0 Å². The summed E-state index contributed by atoms with van der Waals surface area (Å²) in [5.74, 6) is -0.335. The molecule has 4 aromatic carbocycles. The van der Waals surface area contributed by atoms with Crippen LogP contribution in [0.5, 0.6) is 0 Å². The Labute approximate surface area is 227 Å². The Kier molecular flexibility index (Phi) is 6.26. The standard InChI is InChI=1S/C30H23N5O3S/c1-20-17-28(36)33(31-20)24-13-8-14-25(19-24)39-32-29(37)21-15-16-27-26(18-21)30(38)35(23-11-6-3-7-12-23)34(27)22-9-4-2-5-10-22/h2-19,31H,1H3,(H,32,37). The van der Waals surface area contributed by atoms with E-state index in [1.807, 2.05) is 96.5 Å². The van der Waals surface area contributed by atoms with Crippen molar-refractivity contribution in [3.63, 3.8) is 0 Å². The summed E-state index contributed by atoms with van der Waals surface area (Å²) >= 11 is 1.14. The fourth-order valence-corrected chi connectivity index (χ4v) is 5.18. The molecule has 39 heavy (non-hydrogen) atoms. The number of hydrogen-bond acceptors (Lipinski definition) is 4. The van der Waals surface area contributed by atoms with Gasteiger partial charge in [0.25, 0.3) is 17.0 Å². The average molecular weight is 534 g/mol. The first-order valence-corrected chi connectivity index (χ1v) is 13.1. The number of aryl methyl sites for hydroxylation is 1. The van der Waals surface area contributed by atoms with E-state index in [1.165, 1.54) is 10.7 Å². The lowest BCUT2D eigenvalue weighted by molar-refractivity contribution is 0.0984. The van der Waals surface area contributed by atoms with Crippen LogP contribution in [-0.2, 0) is 0 Å². The van der Waals surface area contributed by atoms with Crippen molar-refractivity contribution >= 4 is 28.8 Å². The fourth-order valence-electron chi connectivity index (χ4n) is 4.53. The number of nitrogens with one attached hydrogen (secondary N) is 2. The van der Waals surface area contributed by atoms with Gasteiger partial charge in [0.2, 0.25) is 0 Å². The van der Waals surface area contributed by atoms with Crippen molar-refractivity contribution in [1.29, 1.82) is 0 Å². The Balaban J connectivity index is 1.33. The Morgan fingerprint density at radius 3 is 2.08 bits per heavy atom. The first-order valence-electron chi connectivity index (χ1n) is 12.2. The van der Waals surface area contributed by atoms with Crippen molar-refractivity contribution in [3.8, 4) is 17.1 Å². The summed E-state index contributed by atoms with van der Waals surface area (Å²) in [4.78, 5) is 39.7. The molecule has 2 N–H and O–H groups in total. The SMILES string of the molecule is Cc1cc(=O)n(-c2cccc(SNC(=O)c3ccc4c(c3)c(=O)n(-c3ccccc3)n4-c3ccccc3)c2)[nH]1. The molecule has 0 fully saturated rings. The number of aromatic amines is 1. The third-order valence-corrected chi connectivity index (χ3v) is 7.07. The minimum atomic E-state index is -0.335. The highest BCUT2D eigenvalue weighted by molar-refractivity contribution is 7.98. The van der Waals surface area contributed by atoms with Crippen molar-refractivity contribution < 1.29 is 4.79 Å². The van der Waals surface area contributed by atoms with Crippen molar-refractivity contribution in [3.05, 3.63) is 141 Å². The predicted octanol–water partition coefficient (Wildman–Crippen LogP) is 5.01. The van der Waals surface area contributed by atoms with Crippen LogP contribution in [0, 0.1) is 6.92 Å². The molecule has 0 atom stereocenters. The van der Waals surface area contributed by atoms with Gasteiger partial charge in [-0.05, 0) is 79.5 Å². The van der Waals surface area contributed by atoms with E-state index >= 15 is 0 Å². The lowest BCUT2D eigenvalue weighted by atomic mass is 10.1. The van der Waals surface area contributed by atoms with Crippen molar-refractivity contribution in [2.24, 2.45) is 0 Å². The maximum absolute atomic E-state index is 13.7. The number of benzene rings is 4. The van der Waals surface area contributed by atoms with Crippen LogP contribution in [0.2, 0.25) is 0 Å². The first-order chi connectivity index (χ1) is 19.0. The summed E-state index contributed by atoms with van der Waals surface area (Å²) in [7, 11) is 0. The highest BCUT2D eigenvalue weighted by Crippen LogP contribution is 2.23. The molecule has 6 aromatic rings. The minimum absolute atomic E-state index is 0.157. The van der Waals surface area contributed by atoms with E-state index in [0.717, 1.165) is 33.9 Å². The molecule has 0 radical (unpaired) electrons. The Bertz CT molecular complexity index is 1930. The van der Waals surface area contributed by atoms with Crippen LogP contribution < -0.4 is 15.8 Å². The van der Waals surface area contributed by atoms with Gasteiger partial charge in [0.1, 0.15) is 0 Å². The second-order valence-corrected chi connectivity index (χ2v) is 9.85. The molecular weight excluding hydrogens is 510 g/mol. The molecule has 0 aliphatic heterocycles. The number of fused-ring (bicyclic) bond motifs is 1. The Morgan fingerprint density at radius 2 is 1.41 bits per heavy atom. The van der Waals surface area contributed by atoms with E-state index in [-0.39, 0.29) is 17.0 Å². The monoisotopic (exact) mass is 533 g/mol. The van der Waals surface area contributed by atoms with Gasteiger partial charge in [-0.15, -0.1) is 0 Å². The molecule has 8 nitrogen and oxygen atoms in total. The molecule has 0 spiro atoms. The molecule has 6 rings (SSSR count). The van der Waals surface area contributed by atoms with Gasteiger partial charge < -0.3 is 0 Å². The lowest BCUT2D eigenvalue weighted by Crippen LogP contribution is -2.20. The number of nitrogens with zero attached hydrogens (tertiary/aromatic N) is 3. The number of para-hydroxylation sites is 2. The smallest absolute Gasteiger partial charge is 0.279 e. The van der Waals surface area contributed by atoms with Crippen LogP contribution in [0.3, 0.4) is 0 Å². The number of carbonyl (C=O) groups is 1. The fraction of sp³-hybridized carbons (Fsp3) is 0.0333. The van der Waals surface area contributed by atoms with E-state index in [2.05, 4.69) is 9.82 Å².